The number of amides is 2. The summed E-state index contributed by atoms with van der Waals surface area (Å²) in [4.78, 5) is 28.4. The van der Waals surface area contributed by atoms with Crippen molar-refractivity contribution in [3.63, 3.8) is 0 Å². The van der Waals surface area contributed by atoms with Gasteiger partial charge in [-0.25, -0.2) is 0 Å². The van der Waals surface area contributed by atoms with E-state index < -0.39 is 0 Å². The van der Waals surface area contributed by atoms with E-state index in [9.17, 15) is 9.59 Å². The number of carbonyl (C=O) groups is 2. The normalized spacial score (nSPS) is 21.6. The van der Waals surface area contributed by atoms with Gasteiger partial charge in [-0.3, -0.25) is 9.59 Å². The van der Waals surface area contributed by atoms with Gasteiger partial charge in [-0.2, -0.15) is 0 Å². The molecular weight excluding hydrogens is 336 g/mol. The molecule has 0 N–H and O–H groups in total. The van der Waals surface area contributed by atoms with Crippen LogP contribution < -0.4 is 0 Å². The highest BCUT2D eigenvalue weighted by atomic mass is 16.2. The van der Waals surface area contributed by atoms with Crippen molar-refractivity contribution < 1.29 is 9.59 Å². The maximum absolute atomic E-state index is 12.9. The summed E-state index contributed by atoms with van der Waals surface area (Å²) >= 11 is 0. The van der Waals surface area contributed by atoms with Gasteiger partial charge in [-0.15, -0.1) is 0 Å². The van der Waals surface area contributed by atoms with Crippen molar-refractivity contribution in [1.82, 2.24) is 9.80 Å². The molecule has 1 fully saturated rings. The minimum Gasteiger partial charge on any atom is -0.345 e. The van der Waals surface area contributed by atoms with Gasteiger partial charge in [0.05, 0.1) is 0 Å². The summed E-state index contributed by atoms with van der Waals surface area (Å²) in [7, 11) is 3.50. The molecule has 1 aromatic rings. The molecule has 2 rings (SSSR count). The summed E-state index contributed by atoms with van der Waals surface area (Å²) in [5.74, 6) is 1.44. The molecule has 0 bridgehead atoms. The van der Waals surface area contributed by atoms with Crippen molar-refractivity contribution in [2.24, 2.45) is 17.3 Å². The monoisotopic (exact) mass is 372 g/mol. The first-order chi connectivity index (χ1) is 12.6. The van der Waals surface area contributed by atoms with E-state index in [1.165, 1.54) is 6.42 Å². The predicted octanol–water partition coefficient (Wildman–Crippen LogP) is 4.59. The van der Waals surface area contributed by atoms with Crippen LogP contribution in [0.25, 0.3) is 0 Å². The van der Waals surface area contributed by atoms with Gasteiger partial charge < -0.3 is 9.80 Å². The molecule has 0 aromatic heterocycles. The van der Waals surface area contributed by atoms with E-state index in [-0.39, 0.29) is 11.8 Å². The van der Waals surface area contributed by atoms with Crippen LogP contribution in [0.5, 0.6) is 0 Å². The molecule has 27 heavy (non-hydrogen) atoms. The zero-order chi connectivity index (χ0) is 20.2. The molecule has 1 saturated carbocycles. The van der Waals surface area contributed by atoms with E-state index in [1.807, 2.05) is 36.1 Å². The Kier molecular flexibility index (Phi) is 7.07. The van der Waals surface area contributed by atoms with Crippen molar-refractivity contribution in [1.29, 1.82) is 0 Å². The second-order valence-electron chi connectivity index (χ2n) is 9.29. The summed E-state index contributed by atoms with van der Waals surface area (Å²) in [6.45, 7) is 10.3. The summed E-state index contributed by atoms with van der Waals surface area (Å²) in [5, 5.41) is 0. The summed E-state index contributed by atoms with van der Waals surface area (Å²) in [5.41, 5.74) is 2.09. The topological polar surface area (TPSA) is 40.6 Å². The molecule has 1 aromatic carbocycles. The maximum atomic E-state index is 12.9. The van der Waals surface area contributed by atoms with Crippen molar-refractivity contribution in [2.75, 3.05) is 20.6 Å². The molecular formula is C23H36N2O2. The second kappa shape index (κ2) is 8.90. The van der Waals surface area contributed by atoms with Gasteiger partial charge in [-0.1, -0.05) is 32.9 Å². The predicted molar refractivity (Wildman–Crippen MR) is 110 cm³/mol. The van der Waals surface area contributed by atoms with Crippen molar-refractivity contribution in [3.8, 4) is 0 Å². The van der Waals surface area contributed by atoms with Crippen LogP contribution in [0.4, 0.5) is 0 Å². The molecule has 4 nitrogen and oxygen atoms in total. The first kappa shape index (κ1) is 21.5. The highest BCUT2D eigenvalue weighted by Gasteiger charge is 2.33. The molecule has 4 heteroatoms. The van der Waals surface area contributed by atoms with Crippen LogP contribution in [0.1, 0.15) is 69.3 Å². The number of benzene rings is 1. The third-order valence-corrected chi connectivity index (χ3v) is 5.66. The molecule has 0 spiro atoms. The average Bonchev–Trinajstić information content (AvgIpc) is 2.57. The number of nitrogens with zero attached hydrogens (tertiary/aromatic N) is 2. The van der Waals surface area contributed by atoms with Gasteiger partial charge in [-0.05, 0) is 61.1 Å². The van der Waals surface area contributed by atoms with Crippen LogP contribution >= 0.6 is 0 Å². The van der Waals surface area contributed by atoms with E-state index in [4.69, 9.17) is 0 Å². The van der Waals surface area contributed by atoms with Gasteiger partial charge >= 0.3 is 0 Å². The Morgan fingerprint density at radius 1 is 1.11 bits per heavy atom. The van der Waals surface area contributed by atoms with Crippen molar-refractivity contribution >= 4 is 11.8 Å². The zero-order valence-electron chi connectivity index (χ0n) is 17.9. The molecule has 150 valence electrons. The lowest BCUT2D eigenvalue weighted by Gasteiger charge is -2.39. The molecule has 1 aliphatic rings. The molecule has 2 atom stereocenters. The minimum absolute atomic E-state index is 0.000919. The SMILES string of the molecule is CCN(Cc1ccc(C(=O)N(C)C)cc1)C(=O)CC1CC(C)CC(C)(C)C1. The van der Waals surface area contributed by atoms with Crippen molar-refractivity contribution in [3.05, 3.63) is 35.4 Å². The summed E-state index contributed by atoms with van der Waals surface area (Å²) < 4.78 is 0. The molecule has 2 unspecified atom stereocenters. The van der Waals surface area contributed by atoms with E-state index in [2.05, 4.69) is 20.8 Å². The van der Waals surface area contributed by atoms with Crippen LogP contribution in [0.15, 0.2) is 24.3 Å². The third-order valence-electron chi connectivity index (χ3n) is 5.66. The molecule has 2 amide bonds. The number of hydrogen-bond acceptors (Lipinski definition) is 2. The van der Waals surface area contributed by atoms with Gasteiger partial charge in [0.1, 0.15) is 0 Å². The van der Waals surface area contributed by atoms with Gasteiger partial charge in [0.2, 0.25) is 5.91 Å². The van der Waals surface area contributed by atoms with Crippen LogP contribution in [0, 0.1) is 17.3 Å². The average molecular weight is 373 g/mol. The molecule has 0 aliphatic heterocycles. The molecule has 0 radical (unpaired) electrons. The Bertz CT molecular complexity index is 649. The quantitative estimate of drug-likeness (QED) is 0.733. The first-order valence-electron chi connectivity index (χ1n) is 10.2. The number of rotatable bonds is 6. The lowest BCUT2D eigenvalue weighted by Crippen LogP contribution is -2.35. The fraction of sp³-hybridized carbons (Fsp3) is 0.652. The second-order valence-corrected chi connectivity index (χ2v) is 9.29. The molecule has 1 aliphatic carbocycles. The molecule has 0 saturated heterocycles. The lowest BCUT2D eigenvalue weighted by molar-refractivity contribution is -0.133. The molecule has 0 heterocycles. The minimum atomic E-state index is -0.000919. The summed E-state index contributed by atoms with van der Waals surface area (Å²) in [6.07, 6.45) is 4.21. The number of carbonyl (C=O) groups excluding carboxylic acids is 2. The highest BCUT2D eigenvalue weighted by molar-refractivity contribution is 5.93. The number of hydrogen-bond donors (Lipinski definition) is 0. The highest BCUT2D eigenvalue weighted by Crippen LogP contribution is 2.43. The van der Waals surface area contributed by atoms with Crippen LogP contribution in [-0.4, -0.2) is 42.3 Å². The lowest BCUT2D eigenvalue weighted by atomic mass is 9.67. The Labute approximate surface area is 164 Å². The van der Waals surface area contributed by atoms with Crippen LogP contribution in [0.2, 0.25) is 0 Å². The van der Waals surface area contributed by atoms with E-state index in [0.717, 1.165) is 18.4 Å². The van der Waals surface area contributed by atoms with Gasteiger partial charge in [0.15, 0.2) is 0 Å². The van der Waals surface area contributed by atoms with E-state index in [0.29, 0.717) is 42.3 Å². The maximum Gasteiger partial charge on any atom is 0.253 e. The Balaban J connectivity index is 1.98. The Morgan fingerprint density at radius 2 is 1.74 bits per heavy atom. The third kappa shape index (κ3) is 6.08. The standard InChI is InChI=1S/C23H36N2O2/c1-7-25(16-18-8-10-20(11-9-18)22(27)24(5)6)21(26)13-19-12-17(2)14-23(3,4)15-19/h8-11,17,19H,7,12-16H2,1-6H3. The van der Waals surface area contributed by atoms with Crippen LogP contribution in [-0.2, 0) is 11.3 Å². The fourth-order valence-corrected chi connectivity index (χ4v) is 4.68. The fourth-order valence-electron chi connectivity index (χ4n) is 4.68. The Morgan fingerprint density at radius 3 is 2.26 bits per heavy atom. The van der Waals surface area contributed by atoms with Crippen molar-refractivity contribution in [2.45, 2.75) is 59.9 Å². The largest absolute Gasteiger partial charge is 0.345 e. The first-order valence-corrected chi connectivity index (χ1v) is 10.2. The van der Waals surface area contributed by atoms with E-state index >= 15 is 0 Å². The summed E-state index contributed by atoms with van der Waals surface area (Å²) in [6, 6.07) is 7.61. The van der Waals surface area contributed by atoms with E-state index in [1.54, 1.807) is 19.0 Å². The smallest absolute Gasteiger partial charge is 0.253 e. The zero-order valence-corrected chi connectivity index (χ0v) is 17.9. The Hall–Kier alpha value is -1.84. The van der Waals surface area contributed by atoms with Gasteiger partial charge in [0.25, 0.3) is 5.91 Å². The van der Waals surface area contributed by atoms with Gasteiger partial charge in [0, 0.05) is 39.2 Å². The van der Waals surface area contributed by atoms with Crippen LogP contribution in [0.3, 0.4) is 0 Å².